The lowest BCUT2D eigenvalue weighted by atomic mass is 10.0. The van der Waals surface area contributed by atoms with Crippen LogP contribution in [0.1, 0.15) is 11.1 Å². The van der Waals surface area contributed by atoms with E-state index in [0.717, 1.165) is 39.0 Å². The molecule has 0 aliphatic heterocycles. The molecule has 0 radical (unpaired) electrons. The summed E-state index contributed by atoms with van der Waals surface area (Å²) in [7, 11) is 3.12. The minimum atomic E-state index is -4.48. The first-order valence-electron chi connectivity index (χ1n) is 12.4. The Balaban J connectivity index is 1.73. The first kappa shape index (κ1) is 24.7. The lowest BCUT2D eigenvalue weighted by Crippen LogP contribution is -2.05. The molecule has 6 rings (SSSR count). The molecule has 0 amide bonds. The van der Waals surface area contributed by atoms with Gasteiger partial charge in [-0.15, -0.1) is 0 Å². The number of methoxy groups -OCH3 is 2. The Morgan fingerprint density at radius 2 is 1.28 bits per heavy atom. The number of rotatable bonds is 6. The van der Waals surface area contributed by atoms with Gasteiger partial charge in [-0.2, -0.15) is 13.2 Å². The van der Waals surface area contributed by atoms with Crippen LogP contribution in [0, 0.1) is 0 Å². The van der Waals surface area contributed by atoms with Gasteiger partial charge in [0, 0.05) is 27.9 Å². The average Bonchev–Trinajstić information content (AvgIpc) is 3.29. The molecule has 0 saturated heterocycles. The summed E-state index contributed by atoms with van der Waals surface area (Å²) in [6.45, 7) is 0.319. The lowest BCUT2D eigenvalue weighted by Gasteiger charge is -2.15. The van der Waals surface area contributed by atoms with Crippen LogP contribution in [-0.2, 0) is 12.8 Å². The monoisotopic (exact) mass is 527 g/mol. The highest BCUT2D eigenvalue weighted by Gasteiger charge is 2.31. The molecule has 0 spiro atoms. The van der Waals surface area contributed by atoms with E-state index in [1.165, 1.54) is 6.07 Å². The molecule has 1 heterocycles. The first-order valence-corrected chi connectivity index (χ1v) is 12.4. The largest absolute Gasteiger partial charge is 0.493 e. The molecule has 0 saturated carbocycles. The summed E-state index contributed by atoms with van der Waals surface area (Å²) < 4.78 is 60.8. The molecule has 0 N–H and O–H groups in total. The van der Waals surface area contributed by atoms with Crippen molar-refractivity contribution >= 4 is 32.6 Å². The number of benzene rings is 5. The molecule has 7 heteroatoms. The molecule has 39 heavy (non-hydrogen) atoms. The van der Waals surface area contributed by atoms with Crippen LogP contribution in [0.3, 0.4) is 0 Å². The number of ether oxygens (including phenoxy) is 3. The van der Waals surface area contributed by atoms with Crippen LogP contribution in [0.2, 0.25) is 0 Å². The van der Waals surface area contributed by atoms with Crippen molar-refractivity contribution < 1.29 is 27.4 Å². The topological polar surface area (TPSA) is 32.6 Å². The number of hydrogen-bond donors (Lipinski definition) is 0. The second-order valence-corrected chi connectivity index (χ2v) is 9.20. The molecular weight excluding hydrogens is 503 g/mol. The van der Waals surface area contributed by atoms with E-state index in [4.69, 9.17) is 14.2 Å². The van der Waals surface area contributed by atoms with Crippen molar-refractivity contribution in [1.82, 2.24) is 4.57 Å². The predicted octanol–water partition coefficient (Wildman–Crippen LogP) is 8.55. The molecule has 5 aromatic carbocycles. The van der Waals surface area contributed by atoms with Crippen LogP contribution in [-0.4, -0.2) is 18.8 Å². The van der Waals surface area contributed by atoms with Crippen molar-refractivity contribution in [3.63, 3.8) is 0 Å². The van der Waals surface area contributed by atoms with Gasteiger partial charge < -0.3 is 18.8 Å². The number of aromatic nitrogens is 1. The highest BCUT2D eigenvalue weighted by atomic mass is 19.4. The standard InChI is InChI=1S/C32H24F3NO3/c1-37-29-16-24-25(17-30(29)38-2)31-23-14-13-21(32(33,34)35)15-26(23)36(22-11-7-4-8-12-22)27(31)18-28(24)39-19-20-9-5-3-6-10-20/h3-18H,19H2,1-2H3. The van der Waals surface area contributed by atoms with Gasteiger partial charge in [-0.3, -0.25) is 0 Å². The molecule has 6 aromatic rings. The zero-order valence-electron chi connectivity index (χ0n) is 21.3. The predicted molar refractivity (Wildman–Crippen MR) is 147 cm³/mol. The van der Waals surface area contributed by atoms with Crippen molar-refractivity contribution in [2.24, 2.45) is 0 Å². The van der Waals surface area contributed by atoms with Crippen LogP contribution in [0.4, 0.5) is 13.2 Å². The van der Waals surface area contributed by atoms with E-state index < -0.39 is 11.7 Å². The van der Waals surface area contributed by atoms with Gasteiger partial charge in [-0.1, -0.05) is 54.6 Å². The zero-order chi connectivity index (χ0) is 27.1. The molecule has 0 fully saturated rings. The van der Waals surface area contributed by atoms with E-state index >= 15 is 0 Å². The summed E-state index contributed by atoms with van der Waals surface area (Å²) in [6, 6.07) is 28.6. The average molecular weight is 528 g/mol. The van der Waals surface area contributed by atoms with Crippen LogP contribution in [0.25, 0.3) is 38.3 Å². The first-order chi connectivity index (χ1) is 18.9. The third kappa shape index (κ3) is 4.30. The van der Waals surface area contributed by atoms with Crippen LogP contribution in [0.5, 0.6) is 17.2 Å². The third-order valence-corrected chi connectivity index (χ3v) is 6.91. The number of hydrogen-bond acceptors (Lipinski definition) is 3. The van der Waals surface area contributed by atoms with Crippen molar-refractivity contribution in [1.29, 1.82) is 0 Å². The summed E-state index contributed by atoms with van der Waals surface area (Å²) >= 11 is 0. The smallest absolute Gasteiger partial charge is 0.416 e. The van der Waals surface area contributed by atoms with Gasteiger partial charge >= 0.3 is 6.18 Å². The highest BCUT2D eigenvalue weighted by molar-refractivity contribution is 6.23. The van der Waals surface area contributed by atoms with Crippen LogP contribution in [0.15, 0.2) is 97.1 Å². The second-order valence-electron chi connectivity index (χ2n) is 9.20. The van der Waals surface area contributed by atoms with Gasteiger partial charge in [0.1, 0.15) is 12.4 Å². The minimum Gasteiger partial charge on any atom is -0.493 e. The summed E-state index contributed by atoms with van der Waals surface area (Å²) in [5.74, 6) is 1.62. The lowest BCUT2D eigenvalue weighted by molar-refractivity contribution is -0.137. The highest BCUT2D eigenvalue weighted by Crippen LogP contribution is 2.45. The fourth-order valence-corrected chi connectivity index (χ4v) is 5.11. The van der Waals surface area contributed by atoms with E-state index in [9.17, 15) is 13.2 Å². The van der Waals surface area contributed by atoms with Crippen LogP contribution < -0.4 is 14.2 Å². The minimum absolute atomic E-state index is 0.319. The van der Waals surface area contributed by atoms with Crippen molar-refractivity contribution in [3.8, 4) is 22.9 Å². The van der Waals surface area contributed by atoms with E-state index in [0.29, 0.717) is 34.8 Å². The third-order valence-electron chi connectivity index (χ3n) is 6.91. The van der Waals surface area contributed by atoms with Gasteiger partial charge in [0.25, 0.3) is 0 Å². The van der Waals surface area contributed by atoms with E-state index in [1.807, 2.05) is 83.4 Å². The number of alkyl halides is 3. The van der Waals surface area contributed by atoms with E-state index in [-0.39, 0.29) is 0 Å². The van der Waals surface area contributed by atoms with E-state index in [2.05, 4.69) is 0 Å². The molecule has 4 nitrogen and oxygen atoms in total. The Labute approximate surface area is 222 Å². The molecular formula is C32H24F3NO3. The maximum Gasteiger partial charge on any atom is 0.416 e. The molecule has 0 aliphatic rings. The summed E-state index contributed by atoms with van der Waals surface area (Å²) in [5.41, 5.74) is 2.19. The zero-order valence-corrected chi connectivity index (χ0v) is 21.3. The fourth-order valence-electron chi connectivity index (χ4n) is 5.11. The van der Waals surface area contributed by atoms with Gasteiger partial charge in [0.15, 0.2) is 11.5 Å². The van der Waals surface area contributed by atoms with Crippen molar-refractivity contribution in [2.75, 3.05) is 14.2 Å². The Morgan fingerprint density at radius 3 is 1.92 bits per heavy atom. The van der Waals surface area contributed by atoms with Gasteiger partial charge in [0.2, 0.25) is 0 Å². The second kappa shape index (κ2) is 9.58. The fraction of sp³-hybridized carbons (Fsp3) is 0.125. The maximum absolute atomic E-state index is 13.8. The molecule has 0 bridgehead atoms. The number of para-hydroxylation sites is 1. The molecule has 0 unspecified atom stereocenters. The van der Waals surface area contributed by atoms with Crippen molar-refractivity contribution in [2.45, 2.75) is 12.8 Å². The normalized spacial score (nSPS) is 11.8. The number of nitrogens with zero attached hydrogens (tertiary/aromatic N) is 1. The molecule has 0 aliphatic carbocycles. The van der Waals surface area contributed by atoms with Crippen LogP contribution >= 0.6 is 0 Å². The Bertz CT molecular complexity index is 1810. The van der Waals surface area contributed by atoms with Gasteiger partial charge in [-0.05, 0) is 47.3 Å². The number of halogens is 3. The molecule has 1 aromatic heterocycles. The van der Waals surface area contributed by atoms with Gasteiger partial charge in [0.05, 0.1) is 30.8 Å². The molecule has 0 atom stereocenters. The summed E-state index contributed by atoms with van der Waals surface area (Å²) in [5, 5.41) is 3.04. The molecule has 196 valence electrons. The Morgan fingerprint density at radius 1 is 0.641 bits per heavy atom. The maximum atomic E-state index is 13.8. The van der Waals surface area contributed by atoms with Crippen molar-refractivity contribution in [3.05, 3.63) is 108 Å². The van der Waals surface area contributed by atoms with E-state index in [1.54, 1.807) is 20.3 Å². The Hall–Kier alpha value is -4.65. The number of fused-ring (bicyclic) bond motifs is 5. The quantitative estimate of drug-likeness (QED) is 0.218. The summed E-state index contributed by atoms with van der Waals surface area (Å²) in [6.07, 6.45) is -4.48. The van der Waals surface area contributed by atoms with Gasteiger partial charge in [-0.25, -0.2) is 0 Å². The summed E-state index contributed by atoms with van der Waals surface area (Å²) in [4.78, 5) is 0. The Kier molecular flexibility index (Phi) is 6.06. The SMILES string of the molecule is COc1cc2c(OCc3ccccc3)cc3c(c2cc1OC)c1ccc(C(F)(F)F)cc1n3-c1ccccc1.